The molecular formula is C22H20FN5O3. The van der Waals surface area contributed by atoms with Crippen LogP contribution in [0.2, 0.25) is 0 Å². The second kappa shape index (κ2) is 8.02. The maximum absolute atomic E-state index is 13.3. The maximum atomic E-state index is 13.3. The van der Waals surface area contributed by atoms with Crippen LogP contribution in [0.1, 0.15) is 24.9 Å². The number of nitrogens with zero attached hydrogens (tertiary/aromatic N) is 2. The fraction of sp³-hybridized carbons (Fsp3) is 0.182. The molecule has 0 fully saturated rings. The molecule has 0 aliphatic carbocycles. The van der Waals surface area contributed by atoms with Crippen molar-refractivity contribution >= 4 is 34.9 Å². The molecule has 3 aromatic rings. The minimum atomic E-state index is -0.841. The van der Waals surface area contributed by atoms with Crippen molar-refractivity contribution in [3.8, 4) is 11.3 Å². The molecule has 2 heterocycles. The molecule has 9 heteroatoms. The predicted molar refractivity (Wildman–Crippen MR) is 114 cm³/mol. The lowest BCUT2D eigenvalue weighted by molar-refractivity contribution is -0.125. The van der Waals surface area contributed by atoms with Gasteiger partial charge >= 0.3 is 0 Å². The van der Waals surface area contributed by atoms with Crippen LogP contribution in [0, 0.1) is 12.7 Å². The van der Waals surface area contributed by atoms with Gasteiger partial charge in [0.25, 0.3) is 0 Å². The first-order valence-electron chi connectivity index (χ1n) is 9.65. The number of hydrogen-bond acceptors (Lipinski definition) is 4. The monoisotopic (exact) mass is 421 g/mol. The summed E-state index contributed by atoms with van der Waals surface area (Å²) in [7, 11) is 0. The lowest BCUT2D eigenvalue weighted by atomic mass is 10.1. The van der Waals surface area contributed by atoms with Gasteiger partial charge in [0.15, 0.2) is 0 Å². The Bertz CT molecular complexity index is 1170. The molecule has 1 aromatic heterocycles. The van der Waals surface area contributed by atoms with Gasteiger partial charge in [0.1, 0.15) is 17.7 Å². The van der Waals surface area contributed by atoms with Crippen molar-refractivity contribution in [1.82, 2.24) is 9.78 Å². The van der Waals surface area contributed by atoms with Crippen LogP contribution in [0.3, 0.4) is 0 Å². The van der Waals surface area contributed by atoms with Crippen LogP contribution in [0.15, 0.2) is 48.5 Å². The third-order valence-corrected chi connectivity index (χ3v) is 4.97. The van der Waals surface area contributed by atoms with Gasteiger partial charge in [-0.25, -0.2) is 9.07 Å². The number of carbonyl (C=O) groups is 3. The first-order chi connectivity index (χ1) is 14.8. The minimum Gasteiger partial charge on any atom is -0.326 e. The number of amides is 3. The highest BCUT2D eigenvalue weighted by molar-refractivity contribution is 6.02. The number of carbonyl (C=O) groups excluding carboxylic acids is 3. The normalized spacial score (nSPS) is 15.1. The van der Waals surface area contributed by atoms with Crippen molar-refractivity contribution in [3.63, 3.8) is 0 Å². The molecule has 3 amide bonds. The van der Waals surface area contributed by atoms with Gasteiger partial charge in [-0.3, -0.25) is 14.4 Å². The molecule has 1 aliphatic heterocycles. The van der Waals surface area contributed by atoms with E-state index < -0.39 is 11.9 Å². The van der Waals surface area contributed by atoms with Crippen LogP contribution < -0.4 is 16.0 Å². The summed E-state index contributed by atoms with van der Waals surface area (Å²) in [4.78, 5) is 36.4. The average Bonchev–Trinajstić information content (AvgIpc) is 3.05. The van der Waals surface area contributed by atoms with Crippen LogP contribution >= 0.6 is 0 Å². The van der Waals surface area contributed by atoms with Crippen molar-refractivity contribution in [1.29, 1.82) is 0 Å². The molecule has 0 saturated heterocycles. The van der Waals surface area contributed by atoms with E-state index in [-0.39, 0.29) is 24.1 Å². The highest BCUT2D eigenvalue weighted by Crippen LogP contribution is 2.34. The molecule has 4 rings (SSSR count). The van der Waals surface area contributed by atoms with Gasteiger partial charge in [-0.15, -0.1) is 0 Å². The summed E-state index contributed by atoms with van der Waals surface area (Å²) >= 11 is 0. The van der Waals surface area contributed by atoms with Gasteiger partial charge < -0.3 is 16.0 Å². The van der Waals surface area contributed by atoms with Gasteiger partial charge in [-0.2, -0.15) is 5.10 Å². The second-order valence-electron chi connectivity index (χ2n) is 7.29. The van der Waals surface area contributed by atoms with E-state index in [1.54, 1.807) is 43.3 Å². The molecule has 1 aliphatic rings. The second-order valence-corrected chi connectivity index (χ2v) is 7.29. The maximum Gasteiger partial charge on any atom is 0.249 e. The molecule has 1 atom stereocenters. The first kappa shape index (κ1) is 20.3. The highest BCUT2D eigenvalue weighted by Gasteiger charge is 2.34. The van der Waals surface area contributed by atoms with E-state index in [1.807, 2.05) is 0 Å². The summed E-state index contributed by atoms with van der Waals surface area (Å²) < 4.78 is 14.8. The summed E-state index contributed by atoms with van der Waals surface area (Å²) in [6.07, 6.45) is -0.0627. The number of rotatable bonds is 4. The zero-order valence-corrected chi connectivity index (χ0v) is 16.9. The predicted octanol–water partition coefficient (Wildman–Crippen LogP) is 3.48. The van der Waals surface area contributed by atoms with E-state index in [0.717, 1.165) is 0 Å². The van der Waals surface area contributed by atoms with Crippen molar-refractivity contribution < 1.29 is 18.8 Å². The lowest BCUT2D eigenvalue weighted by Gasteiger charge is -2.24. The summed E-state index contributed by atoms with van der Waals surface area (Å²) in [5.41, 5.74) is 3.07. The van der Waals surface area contributed by atoms with E-state index in [0.29, 0.717) is 34.0 Å². The molecular weight excluding hydrogens is 401 g/mol. The molecule has 1 unspecified atom stereocenters. The molecule has 2 aromatic carbocycles. The number of nitrogens with one attached hydrogen (secondary N) is 3. The average molecular weight is 421 g/mol. The first-order valence-corrected chi connectivity index (χ1v) is 9.65. The van der Waals surface area contributed by atoms with Gasteiger partial charge in [0, 0.05) is 29.4 Å². The van der Waals surface area contributed by atoms with Gasteiger partial charge in [0.05, 0.1) is 12.1 Å². The Morgan fingerprint density at radius 3 is 2.29 bits per heavy atom. The summed E-state index contributed by atoms with van der Waals surface area (Å²) in [5, 5.41) is 12.8. The Kier molecular flexibility index (Phi) is 5.24. The number of halogens is 1. The van der Waals surface area contributed by atoms with E-state index in [1.165, 1.54) is 23.7 Å². The molecule has 0 saturated carbocycles. The highest BCUT2D eigenvalue weighted by atomic mass is 19.1. The Morgan fingerprint density at radius 1 is 1.06 bits per heavy atom. The molecule has 3 N–H and O–H groups in total. The zero-order chi connectivity index (χ0) is 22.1. The van der Waals surface area contributed by atoms with Crippen LogP contribution in [-0.2, 0) is 14.4 Å². The quantitative estimate of drug-likeness (QED) is 0.600. The van der Waals surface area contributed by atoms with Gasteiger partial charge in [0.2, 0.25) is 17.7 Å². The van der Waals surface area contributed by atoms with Crippen molar-refractivity contribution in [2.24, 2.45) is 0 Å². The van der Waals surface area contributed by atoms with Crippen molar-refractivity contribution in [3.05, 3.63) is 59.9 Å². The van der Waals surface area contributed by atoms with Crippen LogP contribution in [0.5, 0.6) is 0 Å². The van der Waals surface area contributed by atoms with E-state index >= 15 is 0 Å². The zero-order valence-electron chi connectivity index (χ0n) is 16.9. The molecule has 0 bridgehead atoms. The Labute approximate surface area is 177 Å². The van der Waals surface area contributed by atoms with E-state index in [9.17, 15) is 18.8 Å². The van der Waals surface area contributed by atoms with Crippen molar-refractivity contribution in [2.75, 3.05) is 16.0 Å². The number of benzene rings is 2. The fourth-order valence-corrected chi connectivity index (χ4v) is 3.49. The third-order valence-electron chi connectivity index (χ3n) is 4.97. The summed E-state index contributed by atoms with van der Waals surface area (Å²) in [6.45, 7) is 3.20. The standard InChI is InChI=1S/C22H20FN5O3/c1-12-20(14-3-5-15(23)6-4-14)27-28-18(11-19(30)26-21(12)28)22(31)25-17-9-7-16(8-10-17)24-13(2)29/h3-10,18H,11H2,1-2H3,(H,24,29)(H,25,31)(H,26,30). The van der Waals surface area contributed by atoms with Crippen LogP contribution in [-0.4, -0.2) is 27.5 Å². The van der Waals surface area contributed by atoms with E-state index in [2.05, 4.69) is 21.0 Å². The van der Waals surface area contributed by atoms with Crippen LogP contribution in [0.4, 0.5) is 21.6 Å². The smallest absolute Gasteiger partial charge is 0.249 e. The molecule has 0 radical (unpaired) electrons. The van der Waals surface area contributed by atoms with Gasteiger partial charge in [-0.1, -0.05) is 0 Å². The topological polar surface area (TPSA) is 105 Å². The minimum absolute atomic E-state index is 0.0627. The van der Waals surface area contributed by atoms with E-state index in [4.69, 9.17) is 0 Å². The number of hydrogen-bond donors (Lipinski definition) is 3. The molecule has 31 heavy (non-hydrogen) atoms. The molecule has 0 spiro atoms. The lowest BCUT2D eigenvalue weighted by Crippen LogP contribution is -2.35. The summed E-state index contributed by atoms with van der Waals surface area (Å²) in [6, 6.07) is 11.7. The van der Waals surface area contributed by atoms with Crippen molar-refractivity contribution in [2.45, 2.75) is 26.3 Å². The Morgan fingerprint density at radius 2 is 1.68 bits per heavy atom. The Balaban J connectivity index is 1.60. The third kappa shape index (κ3) is 4.16. The number of fused-ring (bicyclic) bond motifs is 1. The summed E-state index contributed by atoms with van der Waals surface area (Å²) in [5.74, 6) is -0.792. The van der Waals surface area contributed by atoms with Crippen LogP contribution in [0.25, 0.3) is 11.3 Å². The number of aromatic nitrogens is 2. The largest absolute Gasteiger partial charge is 0.326 e. The van der Waals surface area contributed by atoms with Gasteiger partial charge in [-0.05, 0) is 55.5 Å². The number of anilines is 3. The Hall–Kier alpha value is -4.01. The molecule has 8 nitrogen and oxygen atoms in total. The fourth-order valence-electron chi connectivity index (χ4n) is 3.49. The SMILES string of the molecule is CC(=O)Nc1ccc(NC(=O)C2CC(=O)Nc3c(C)c(-c4ccc(F)cc4)nn32)cc1. The molecule has 158 valence electrons.